The first-order chi connectivity index (χ1) is 16.5. The minimum absolute atomic E-state index is 0.0449. The van der Waals surface area contributed by atoms with Crippen LogP contribution in [0.4, 0.5) is 8.78 Å². The third-order valence-corrected chi connectivity index (χ3v) is 9.55. The van der Waals surface area contributed by atoms with E-state index in [0.717, 1.165) is 6.42 Å². The number of hydrogen-bond acceptors (Lipinski definition) is 7. The lowest BCUT2D eigenvalue weighted by atomic mass is 9.44. The number of ketones is 2. The molecule has 1 saturated heterocycles. The summed E-state index contributed by atoms with van der Waals surface area (Å²) in [4.78, 5) is 25.3. The molecule has 5 rings (SSSR count). The highest BCUT2D eigenvalue weighted by Crippen LogP contribution is 2.72. The van der Waals surface area contributed by atoms with Gasteiger partial charge in [0.2, 0.25) is 0 Å². The molecule has 0 radical (unpaired) electrons. The molecule has 10 heteroatoms. The molecule has 1 aliphatic heterocycles. The maximum atomic E-state index is 17.2. The smallest absolute Gasteiger partial charge is 0.181 e. The fourth-order valence-corrected chi connectivity index (χ4v) is 8.04. The molecule has 0 aromatic heterocycles. The van der Waals surface area contributed by atoms with Crippen LogP contribution in [-0.2, 0) is 19.1 Å². The fraction of sp³-hybridized carbons (Fsp3) is 0.760. The number of fused-ring (bicyclic) bond motifs is 7. The van der Waals surface area contributed by atoms with Crippen LogP contribution >= 0.6 is 0 Å². The van der Waals surface area contributed by atoms with Gasteiger partial charge in [0.1, 0.15) is 6.17 Å². The van der Waals surface area contributed by atoms with Gasteiger partial charge in [0.15, 0.2) is 29.1 Å². The van der Waals surface area contributed by atoms with Gasteiger partial charge in [-0.1, -0.05) is 31.9 Å². The summed E-state index contributed by atoms with van der Waals surface area (Å²) in [6.07, 6.45) is 1.15. The number of ether oxygens (including phenoxy) is 2. The highest BCUT2D eigenvalue weighted by atomic mass is 19.1. The summed E-state index contributed by atoms with van der Waals surface area (Å²) in [5.41, 5.74) is 8.87. The zero-order valence-electron chi connectivity index (χ0n) is 20.4. The number of aliphatic hydroxyl groups excluding tert-OH is 1. The predicted molar refractivity (Wildman–Crippen MR) is 120 cm³/mol. The van der Waals surface area contributed by atoms with E-state index in [1.165, 1.54) is 18.2 Å². The van der Waals surface area contributed by atoms with Crippen LogP contribution in [0.25, 0.3) is 0 Å². The van der Waals surface area contributed by atoms with Gasteiger partial charge in [-0.2, -0.15) is 5.53 Å². The Morgan fingerprint density at radius 3 is 2.63 bits per heavy atom. The molecule has 5 aliphatic rings. The van der Waals surface area contributed by atoms with E-state index in [2.05, 4.69) is 5.53 Å². The number of rotatable bonds is 4. The normalized spacial score (nSPS) is 49.7. The Kier molecular flexibility index (Phi) is 6.44. The van der Waals surface area contributed by atoms with Crippen LogP contribution in [0.1, 0.15) is 52.9 Å². The van der Waals surface area contributed by atoms with Crippen LogP contribution in [0.3, 0.4) is 0 Å². The number of allylic oxidation sites excluding steroid dienone is 4. The largest absolute Gasteiger partial charge is 0.390 e. The lowest BCUT2D eigenvalue weighted by Crippen LogP contribution is -2.71. The number of halogens is 2. The highest BCUT2D eigenvalue weighted by Gasteiger charge is 2.79. The number of Topliss-reactive ketones (excluding diaryl/α,β-unsaturated/α-hetero) is 1. The SMILES string of the molecule is CCCC1OC2CC3C4C[C@H](F)C5=CC(=O)C=CC5(C)[C@@]4(F)C(O)CC3(C)C2(C(=O)CN)O1.N=[NH2+]. The number of hydrogen-bond donors (Lipinski definition) is 4. The van der Waals surface area contributed by atoms with Crippen LogP contribution in [0.15, 0.2) is 23.8 Å². The molecule has 35 heavy (non-hydrogen) atoms. The molecule has 0 aromatic carbocycles. The Balaban J connectivity index is 0.00000141. The molecule has 10 atom stereocenters. The number of alkyl halides is 2. The molecule has 4 fully saturated rings. The molecule has 0 amide bonds. The average Bonchev–Trinajstić information content (AvgIpc) is 3.31. The van der Waals surface area contributed by atoms with Gasteiger partial charge >= 0.3 is 0 Å². The van der Waals surface area contributed by atoms with Gasteiger partial charge in [-0.25, -0.2) is 8.78 Å². The van der Waals surface area contributed by atoms with Crippen LogP contribution in [-0.4, -0.2) is 59.2 Å². The third kappa shape index (κ3) is 3.09. The van der Waals surface area contributed by atoms with Crippen molar-refractivity contribution in [3.05, 3.63) is 23.8 Å². The number of nitrogens with one attached hydrogen (secondary N) is 1. The maximum absolute atomic E-state index is 17.2. The summed E-state index contributed by atoms with van der Waals surface area (Å²) in [5.74, 6) is -2.05. The standard InChI is InChI=1S/C25H33F2NO5.H2N2/c1-4-5-21-32-20-10-14-15-9-17(26)16-8-13(29)6-7-22(16,2)24(15,27)18(30)11-23(14,3)25(20,33-21)19(31)12-28;1-2/h6-8,14-15,17-18,20-21,30H,4-5,9-12,28H2,1-3H3;1-2H/p+1/t14?,15?,17-,18?,20?,21?,22?,23?,24-,25?;/m0./s1. The predicted octanol–water partition coefficient (Wildman–Crippen LogP) is 1.50. The third-order valence-electron chi connectivity index (χ3n) is 9.55. The minimum Gasteiger partial charge on any atom is -0.390 e. The lowest BCUT2D eigenvalue weighted by molar-refractivity contribution is -0.249. The molecule has 0 spiro atoms. The van der Waals surface area contributed by atoms with Crippen molar-refractivity contribution < 1.29 is 38.5 Å². The maximum Gasteiger partial charge on any atom is 0.181 e. The summed E-state index contributed by atoms with van der Waals surface area (Å²) >= 11 is 0. The molecule has 8 unspecified atom stereocenters. The van der Waals surface area contributed by atoms with Gasteiger partial charge in [-0.3, -0.25) is 9.59 Å². The fourth-order valence-electron chi connectivity index (χ4n) is 8.04. The molecular weight excluding hydrogens is 460 g/mol. The summed E-state index contributed by atoms with van der Waals surface area (Å²) in [6, 6.07) is 0. The second-order valence-corrected chi connectivity index (χ2v) is 10.9. The van der Waals surface area contributed by atoms with Crippen molar-refractivity contribution in [1.29, 1.82) is 5.53 Å². The Labute approximate surface area is 203 Å². The monoisotopic (exact) mass is 496 g/mol. The van der Waals surface area contributed by atoms with Crippen LogP contribution in [0.5, 0.6) is 0 Å². The van der Waals surface area contributed by atoms with Crippen molar-refractivity contribution >= 4 is 11.6 Å². The Morgan fingerprint density at radius 1 is 1.31 bits per heavy atom. The summed E-state index contributed by atoms with van der Waals surface area (Å²) in [5, 5.41) is 11.4. The first-order valence-corrected chi connectivity index (χ1v) is 12.3. The van der Waals surface area contributed by atoms with E-state index in [1.807, 2.05) is 13.8 Å². The second-order valence-electron chi connectivity index (χ2n) is 10.9. The average molecular weight is 497 g/mol. The van der Waals surface area contributed by atoms with Crippen molar-refractivity contribution in [1.82, 2.24) is 0 Å². The first-order valence-electron chi connectivity index (χ1n) is 12.3. The van der Waals surface area contributed by atoms with Gasteiger partial charge in [0, 0.05) is 16.7 Å². The topological polar surface area (TPSA) is 148 Å². The van der Waals surface area contributed by atoms with E-state index in [9.17, 15) is 14.7 Å². The van der Waals surface area contributed by atoms with Crippen molar-refractivity contribution in [2.24, 2.45) is 28.4 Å². The molecule has 4 aliphatic carbocycles. The number of aliphatic hydroxyl groups is 1. The van der Waals surface area contributed by atoms with Crippen LogP contribution < -0.4 is 11.3 Å². The van der Waals surface area contributed by atoms with Gasteiger partial charge < -0.3 is 20.3 Å². The van der Waals surface area contributed by atoms with Crippen molar-refractivity contribution in [3.63, 3.8) is 0 Å². The number of carbonyl (C=O) groups excluding carboxylic acids is 2. The van der Waals surface area contributed by atoms with E-state index in [4.69, 9.17) is 20.7 Å². The van der Waals surface area contributed by atoms with Gasteiger partial charge in [0.05, 0.1) is 18.8 Å². The Morgan fingerprint density at radius 2 is 2.00 bits per heavy atom. The lowest BCUT2D eigenvalue weighted by Gasteiger charge is -2.63. The first kappa shape index (κ1) is 26.2. The molecule has 0 aromatic rings. The summed E-state index contributed by atoms with van der Waals surface area (Å²) < 4.78 is 45.2. The minimum atomic E-state index is -2.20. The van der Waals surface area contributed by atoms with E-state index in [0.29, 0.717) is 12.8 Å². The summed E-state index contributed by atoms with van der Waals surface area (Å²) in [6.45, 7) is 5.13. The Hall–Kier alpha value is -1.88. The molecule has 8 nitrogen and oxygen atoms in total. The van der Waals surface area contributed by atoms with E-state index in [1.54, 1.807) is 6.92 Å². The van der Waals surface area contributed by atoms with Gasteiger partial charge in [-0.15, -0.1) is 0 Å². The Bertz CT molecular complexity index is 977. The molecule has 0 bridgehead atoms. The molecule has 3 saturated carbocycles. The summed E-state index contributed by atoms with van der Waals surface area (Å²) in [7, 11) is 0. The zero-order chi connectivity index (χ0) is 26.0. The van der Waals surface area contributed by atoms with Crippen LogP contribution in [0, 0.1) is 28.2 Å². The van der Waals surface area contributed by atoms with Gasteiger partial charge in [-0.05, 0) is 56.3 Å². The molecule has 194 valence electrons. The molecule has 6 N–H and O–H groups in total. The van der Waals surface area contributed by atoms with Crippen molar-refractivity contribution in [3.8, 4) is 0 Å². The van der Waals surface area contributed by atoms with E-state index < -0.39 is 58.6 Å². The number of carbonyl (C=O) groups is 2. The number of nitrogens with two attached hydrogens (primary N) is 2. The van der Waals surface area contributed by atoms with Crippen molar-refractivity contribution in [2.45, 2.75) is 88.8 Å². The van der Waals surface area contributed by atoms with Crippen molar-refractivity contribution in [2.75, 3.05) is 6.54 Å². The van der Waals surface area contributed by atoms with Crippen LogP contribution in [0.2, 0.25) is 0 Å². The quantitative estimate of drug-likeness (QED) is 0.434. The van der Waals surface area contributed by atoms with Gasteiger partial charge in [0.25, 0.3) is 0 Å². The molecular formula is C25H36F2N3O5+. The van der Waals surface area contributed by atoms with E-state index in [-0.39, 0.29) is 36.5 Å². The molecule has 1 heterocycles. The van der Waals surface area contributed by atoms with E-state index >= 15 is 8.78 Å². The second kappa shape index (κ2) is 8.61. The highest BCUT2D eigenvalue weighted by molar-refractivity contribution is 6.01. The zero-order valence-corrected chi connectivity index (χ0v) is 20.4.